The maximum atomic E-state index is 12.7. The summed E-state index contributed by atoms with van der Waals surface area (Å²) in [5.41, 5.74) is 0.311. The van der Waals surface area contributed by atoms with E-state index in [0.717, 1.165) is 6.07 Å². The third-order valence-electron chi connectivity index (χ3n) is 2.50. The molecule has 0 saturated heterocycles. The molecule has 11 heteroatoms. The van der Waals surface area contributed by atoms with Gasteiger partial charge in [0.05, 0.1) is 6.61 Å². The number of aromatic hydroxyl groups is 1. The van der Waals surface area contributed by atoms with Gasteiger partial charge in [-0.15, -0.1) is 0 Å². The lowest BCUT2D eigenvalue weighted by Crippen LogP contribution is -2.25. The topological polar surface area (TPSA) is 130 Å². The molecule has 126 valence electrons. The number of rotatable bonds is 8. The van der Waals surface area contributed by atoms with E-state index in [-0.39, 0.29) is 10.6 Å². The summed E-state index contributed by atoms with van der Waals surface area (Å²) in [5.74, 6) is -0.285. The Morgan fingerprint density at radius 3 is 2.55 bits per heavy atom. The van der Waals surface area contributed by atoms with Crippen LogP contribution in [-0.4, -0.2) is 49.0 Å². The number of hydrogen-bond acceptors (Lipinski definition) is 6. The number of alkyl halides is 1. The average molecular weight is 358 g/mol. The molecule has 0 radical (unpaired) electrons. The van der Waals surface area contributed by atoms with Gasteiger partial charge in [-0.1, -0.05) is 6.07 Å². The van der Waals surface area contributed by atoms with Gasteiger partial charge >= 0.3 is 7.60 Å². The minimum Gasteiger partial charge on any atom is -0.508 e. The molecule has 8 nitrogen and oxygen atoms in total. The number of aryl methyl sites for hydroxylation is 1. The predicted octanol–water partition coefficient (Wildman–Crippen LogP) is 0.896. The summed E-state index contributed by atoms with van der Waals surface area (Å²) in [4.78, 5) is 16.9. The molecule has 0 aliphatic heterocycles. The maximum absolute atomic E-state index is 12.7. The first kappa shape index (κ1) is 19.0. The first-order valence-electron chi connectivity index (χ1n) is 5.96. The van der Waals surface area contributed by atoms with Crippen LogP contribution in [0.25, 0.3) is 0 Å². The summed E-state index contributed by atoms with van der Waals surface area (Å²) in [7, 11) is -8.77. The summed E-state index contributed by atoms with van der Waals surface area (Å²) >= 11 is 0. The summed E-state index contributed by atoms with van der Waals surface area (Å²) in [6, 6.07) is 3.63. The molecule has 1 rings (SSSR count). The molecule has 1 atom stereocenters. The largest absolute Gasteiger partial charge is 0.508 e. The molecule has 0 aromatic heterocycles. The third kappa shape index (κ3) is 5.99. The summed E-state index contributed by atoms with van der Waals surface area (Å²) in [6.07, 6.45) is -2.49. The zero-order valence-corrected chi connectivity index (χ0v) is 13.3. The van der Waals surface area contributed by atoms with E-state index in [0.29, 0.717) is 5.56 Å². The van der Waals surface area contributed by atoms with Crippen LogP contribution < -0.4 is 0 Å². The number of ether oxygens (including phenoxy) is 1. The Bertz CT molecular complexity index is 656. The minimum atomic E-state index is -4.50. The molecule has 0 heterocycles. The van der Waals surface area contributed by atoms with Gasteiger partial charge < -0.3 is 19.6 Å². The van der Waals surface area contributed by atoms with Gasteiger partial charge in [-0.3, -0.25) is 8.75 Å². The van der Waals surface area contributed by atoms with Crippen molar-refractivity contribution in [2.45, 2.75) is 17.9 Å². The number of phenols is 1. The van der Waals surface area contributed by atoms with Crippen molar-refractivity contribution in [3.05, 3.63) is 23.8 Å². The standard InChI is InChI=1S/C11H16FO8PS/c1-8-2-3-9(13)4-11(8)22(17,18)20-6-10(5-12)19-7-21(14,15)16/h2-4,10,13H,5-7H2,1H3,(H2,14,15,16). The quantitative estimate of drug-likeness (QED) is 0.461. The molecule has 0 bridgehead atoms. The van der Waals surface area contributed by atoms with Crippen LogP contribution in [0.1, 0.15) is 5.56 Å². The Morgan fingerprint density at radius 2 is 2.00 bits per heavy atom. The van der Waals surface area contributed by atoms with E-state index in [4.69, 9.17) is 9.79 Å². The smallest absolute Gasteiger partial charge is 0.350 e. The van der Waals surface area contributed by atoms with Gasteiger partial charge in [-0.25, -0.2) is 4.39 Å². The molecule has 22 heavy (non-hydrogen) atoms. The van der Waals surface area contributed by atoms with E-state index in [2.05, 4.69) is 8.92 Å². The van der Waals surface area contributed by atoms with Crippen molar-refractivity contribution in [3.8, 4) is 5.75 Å². The van der Waals surface area contributed by atoms with Gasteiger partial charge in [0.1, 0.15) is 29.8 Å². The van der Waals surface area contributed by atoms with E-state index in [1.807, 2.05) is 0 Å². The normalized spacial score (nSPS) is 14.0. The van der Waals surface area contributed by atoms with Crippen molar-refractivity contribution < 1.29 is 41.2 Å². The van der Waals surface area contributed by atoms with Crippen molar-refractivity contribution in [1.29, 1.82) is 0 Å². The molecule has 3 N–H and O–H groups in total. The Kier molecular flexibility index (Phi) is 6.48. The Labute approximate surface area is 126 Å². The predicted molar refractivity (Wildman–Crippen MR) is 73.7 cm³/mol. The second-order valence-electron chi connectivity index (χ2n) is 4.43. The van der Waals surface area contributed by atoms with Crippen LogP contribution in [0.15, 0.2) is 23.1 Å². The highest BCUT2D eigenvalue weighted by atomic mass is 32.2. The molecule has 1 aromatic carbocycles. The zero-order valence-electron chi connectivity index (χ0n) is 11.5. The van der Waals surface area contributed by atoms with E-state index in [1.165, 1.54) is 19.1 Å². The minimum absolute atomic E-state index is 0.285. The first-order chi connectivity index (χ1) is 10.0. The van der Waals surface area contributed by atoms with E-state index < -0.39 is 43.4 Å². The van der Waals surface area contributed by atoms with E-state index in [9.17, 15) is 22.5 Å². The Morgan fingerprint density at radius 1 is 1.36 bits per heavy atom. The van der Waals surface area contributed by atoms with Crippen LogP contribution in [-0.2, 0) is 23.6 Å². The lowest BCUT2D eigenvalue weighted by Gasteiger charge is -2.15. The van der Waals surface area contributed by atoms with Gasteiger partial charge in [-0.2, -0.15) is 8.42 Å². The molecule has 0 amide bonds. The molecule has 1 aromatic rings. The molecular weight excluding hydrogens is 342 g/mol. The fourth-order valence-electron chi connectivity index (χ4n) is 1.43. The van der Waals surface area contributed by atoms with Crippen LogP contribution in [0.3, 0.4) is 0 Å². The second kappa shape index (κ2) is 7.49. The van der Waals surface area contributed by atoms with Crippen LogP contribution in [0.2, 0.25) is 0 Å². The average Bonchev–Trinajstić information content (AvgIpc) is 2.40. The summed E-state index contributed by atoms with van der Waals surface area (Å²) in [6.45, 7) is -0.463. The first-order valence-corrected chi connectivity index (χ1v) is 9.17. The van der Waals surface area contributed by atoms with Crippen molar-refractivity contribution in [3.63, 3.8) is 0 Å². The van der Waals surface area contributed by atoms with Gasteiger partial charge in [0.25, 0.3) is 10.1 Å². The van der Waals surface area contributed by atoms with E-state index >= 15 is 0 Å². The fraction of sp³-hybridized carbons (Fsp3) is 0.455. The van der Waals surface area contributed by atoms with Gasteiger partial charge in [0, 0.05) is 6.07 Å². The van der Waals surface area contributed by atoms with Crippen LogP contribution in [0, 0.1) is 6.92 Å². The number of phenolic OH excluding ortho intramolecular Hbond substituents is 1. The van der Waals surface area contributed by atoms with Crippen molar-refractivity contribution >= 4 is 17.7 Å². The number of benzene rings is 1. The second-order valence-corrected chi connectivity index (χ2v) is 7.60. The van der Waals surface area contributed by atoms with Crippen molar-refractivity contribution in [1.82, 2.24) is 0 Å². The molecule has 0 spiro atoms. The SMILES string of the molecule is Cc1ccc(O)cc1S(=O)(=O)OCC(CF)OCP(=O)(O)O. The molecule has 0 saturated carbocycles. The van der Waals surface area contributed by atoms with Gasteiger partial charge in [-0.05, 0) is 18.6 Å². The van der Waals surface area contributed by atoms with Crippen molar-refractivity contribution in [2.75, 3.05) is 19.6 Å². The Balaban J connectivity index is 2.76. The third-order valence-corrected chi connectivity index (χ3v) is 4.41. The fourth-order valence-corrected chi connectivity index (χ4v) is 3.02. The monoisotopic (exact) mass is 358 g/mol. The van der Waals surface area contributed by atoms with Crippen LogP contribution in [0.4, 0.5) is 4.39 Å². The molecule has 1 unspecified atom stereocenters. The molecule has 0 fully saturated rings. The number of hydrogen-bond donors (Lipinski definition) is 3. The Hall–Kier alpha value is -1.03. The highest BCUT2D eigenvalue weighted by molar-refractivity contribution is 7.86. The molecule has 0 aliphatic rings. The maximum Gasteiger partial charge on any atom is 0.350 e. The number of halogens is 1. The lowest BCUT2D eigenvalue weighted by atomic mass is 10.2. The lowest BCUT2D eigenvalue weighted by molar-refractivity contribution is 0.0241. The van der Waals surface area contributed by atoms with Gasteiger partial charge in [0.2, 0.25) is 0 Å². The van der Waals surface area contributed by atoms with Crippen molar-refractivity contribution in [2.24, 2.45) is 0 Å². The zero-order chi connectivity index (χ0) is 17.0. The summed E-state index contributed by atoms with van der Waals surface area (Å²) in [5, 5.41) is 9.31. The summed E-state index contributed by atoms with van der Waals surface area (Å²) < 4.78 is 56.4. The molecular formula is C11H16FO8PS. The highest BCUT2D eigenvalue weighted by Crippen LogP contribution is 2.34. The van der Waals surface area contributed by atoms with Gasteiger partial charge in [0.15, 0.2) is 0 Å². The molecule has 0 aliphatic carbocycles. The van der Waals surface area contributed by atoms with Crippen LogP contribution >= 0.6 is 7.60 Å². The van der Waals surface area contributed by atoms with E-state index in [1.54, 1.807) is 0 Å². The highest BCUT2D eigenvalue weighted by Gasteiger charge is 2.23. The van der Waals surface area contributed by atoms with Crippen LogP contribution in [0.5, 0.6) is 5.75 Å².